The molecule has 0 spiro atoms. The molecule has 138 valence electrons. The normalized spacial score (nSPS) is 16.3. The van der Waals surface area contributed by atoms with E-state index >= 15 is 0 Å². The SMILES string of the molecule is COc1cccc(C2CC(c3cccs3)=NN2c2ccc(Cl)cc2)c1OC. The van der Waals surface area contributed by atoms with Crippen molar-refractivity contribution < 1.29 is 9.47 Å². The van der Waals surface area contributed by atoms with Crippen molar-refractivity contribution in [2.45, 2.75) is 12.5 Å². The predicted octanol–water partition coefficient (Wildman–Crippen LogP) is 5.77. The molecule has 0 N–H and O–H groups in total. The number of anilines is 1. The summed E-state index contributed by atoms with van der Waals surface area (Å²) in [6.07, 6.45) is 0.784. The highest BCUT2D eigenvalue weighted by Crippen LogP contribution is 2.43. The third-order valence-electron chi connectivity index (χ3n) is 4.60. The fourth-order valence-corrected chi connectivity index (χ4v) is 4.20. The summed E-state index contributed by atoms with van der Waals surface area (Å²) in [5, 5.41) is 9.76. The number of nitrogens with zero attached hydrogens (tertiary/aromatic N) is 2. The summed E-state index contributed by atoms with van der Waals surface area (Å²) in [5.41, 5.74) is 3.10. The van der Waals surface area contributed by atoms with Crippen molar-refractivity contribution in [3.8, 4) is 11.5 Å². The molecule has 2 aromatic carbocycles. The van der Waals surface area contributed by atoms with E-state index in [1.54, 1.807) is 25.6 Å². The highest BCUT2D eigenvalue weighted by atomic mass is 35.5. The highest BCUT2D eigenvalue weighted by molar-refractivity contribution is 7.12. The molecule has 0 saturated heterocycles. The van der Waals surface area contributed by atoms with Gasteiger partial charge in [0.2, 0.25) is 0 Å². The number of para-hydroxylation sites is 1. The fraction of sp³-hybridized carbons (Fsp3) is 0.190. The van der Waals surface area contributed by atoms with Crippen LogP contribution in [0, 0.1) is 0 Å². The maximum atomic E-state index is 6.08. The first kappa shape index (κ1) is 17.9. The van der Waals surface area contributed by atoms with Crippen molar-refractivity contribution in [2.75, 3.05) is 19.2 Å². The lowest BCUT2D eigenvalue weighted by molar-refractivity contribution is 0.349. The Labute approximate surface area is 167 Å². The zero-order valence-electron chi connectivity index (χ0n) is 15.1. The van der Waals surface area contributed by atoms with E-state index in [0.29, 0.717) is 5.02 Å². The number of ether oxygens (including phenoxy) is 2. The van der Waals surface area contributed by atoms with Crippen molar-refractivity contribution >= 4 is 34.3 Å². The molecule has 6 heteroatoms. The first-order valence-corrected chi connectivity index (χ1v) is 9.84. The average molecular weight is 399 g/mol. The van der Waals surface area contributed by atoms with Gasteiger partial charge in [0.15, 0.2) is 11.5 Å². The molecule has 4 nitrogen and oxygen atoms in total. The molecule has 1 aliphatic rings. The van der Waals surface area contributed by atoms with E-state index in [4.69, 9.17) is 26.2 Å². The summed E-state index contributed by atoms with van der Waals surface area (Å²) in [7, 11) is 3.32. The molecular weight excluding hydrogens is 380 g/mol. The van der Waals surface area contributed by atoms with Crippen molar-refractivity contribution in [3.63, 3.8) is 0 Å². The van der Waals surface area contributed by atoms with Crippen LogP contribution < -0.4 is 14.5 Å². The first-order chi connectivity index (χ1) is 13.2. The van der Waals surface area contributed by atoms with Gasteiger partial charge in [0.25, 0.3) is 0 Å². The lowest BCUT2D eigenvalue weighted by atomic mass is 9.99. The highest BCUT2D eigenvalue weighted by Gasteiger charge is 2.33. The largest absolute Gasteiger partial charge is 0.493 e. The minimum atomic E-state index is 0.00771. The number of halogens is 1. The second-order valence-electron chi connectivity index (χ2n) is 6.15. The molecule has 4 rings (SSSR count). The lowest BCUT2D eigenvalue weighted by Crippen LogP contribution is -2.19. The van der Waals surface area contributed by atoms with Gasteiger partial charge in [-0.1, -0.05) is 29.8 Å². The number of hydrazone groups is 1. The zero-order chi connectivity index (χ0) is 18.8. The molecule has 1 aliphatic heterocycles. The van der Waals surface area contributed by atoms with E-state index in [1.807, 2.05) is 41.4 Å². The Morgan fingerprint density at radius 1 is 1.04 bits per heavy atom. The molecule has 0 aliphatic carbocycles. The van der Waals surface area contributed by atoms with E-state index in [1.165, 1.54) is 4.88 Å². The molecule has 0 bridgehead atoms. The number of methoxy groups -OCH3 is 2. The third-order valence-corrected chi connectivity index (χ3v) is 5.77. The summed E-state index contributed by atoms with van der Waals surface area (Å²) in [6.45, 7) is 0. The molecule has 2 heterocycles. The maximum Gasteiger partial charge on any atom is 0.166 e. The van der Waals surface area contributed by atoms with Crippen LogP contribution in [-0.2, 0) is 0 Å². The quantitative estimate of drug-likeness (QED) is 0.546. The average Bonchev–Trinajstić information content (AvgIpc) is 3.37. The van der Waals surface area contributed by atoms with Gasteiger partial charge in [-0.15, -0.1) is 11.3 Å². The molecule has 1 atom stereocenters. The van der Waals surface area contributed by atoms with Crippen LogP contribution in [-0.4, -0.2) is 19.9 Å². The topological polar surface area (TPSA) is 34.1 Å². The van der Waals surface area contributed by atoms with Gasteiger partial charge in [-0.2, -0.15) is 5.10 Å². The van der Waals surface area contributed by atoms with Crippen LogP contribution in [0.5, 0.6) is 11.5 Å². The van der Waals surface area contributed by atoms with Crippen LogP contribution in [0.25, 0.3) is 0 Å². The summed E-state index contributed by atoms with van der Waals surface area (Å²) in [6, 6.07) is 17.9. The molecular formula is C21H19ClN2O2S. The smallest absolute Gasteiger partial charge is 0.166 e. The predicted molar refractivity (Wildman–Crippen MR) is 112 cm³/mol. The lowest BCUT2D eigenvalue weighted by Gasteiger charge is -2.26. The molecule has 3 aromatic rings. The number of hydrogen-bond donors (Lipinski definition) is 0. The standard InChI is InChI=1S/C21H19ClN2O2S/c1-25-19-6-3-5-16(21(19)26-2)18-13-17(20-7-4-12-27-20)23-24(18)15-10-8-14(22)9-11-15/h3-12,18H,13H2,1-2H3. The minimum absolute atomic E-state index is 0.00771. The molecule has 27 heavy (non-hydrogen) atoms. The van der Waals surface area contributed by atoms with Crippen molar-refractivity contribution in [3.05, 3.63) is 75.4 Å². The van der Waals surface area contributed by atoms with Crippen LogP contribution in [0.2, 0.25) is 5.02 Å². The monoisotopic (exact) mass is 398 g/mol. The number of benzene rings is 2. The van der Waals surface area contributed by atoms with Gasteiger partial charge in [0.05, 0.1) is 36.5 Å². The van der Waals surface area contributed by atoms with Crippen LogP contribution >= 0.6 is 22.9 Å². The molecule has 0 fully saturated rings. The second kappa shape index (κ2) is 7.62. The maximum absolute atomic E-state index is 6.08. The van der Waals surface area contributed by atoms with Crippen LogP contribution in [0.3, 0.4) is 0 Å². The Bertz CT molecular complexity index is 955. The summed E-state index contributed by atoms with van der Waals surface area (Å²) < 4.78 is 11.2. The van der Waals surface area contributed by atoms with Gasteiger partial charge in [-0.25, -0.2) is 0 Å². The summed E-state index contributed by atoms with van der Waals surface area (Å²) >= 11 is 7.78. The van der Waals surface area contributed by atoms with Gasteiger partial charge in [-0.05, 0) is 41.8 Å². The Hall–Kier alpha value is -2.50. The van der Waals surface area contributed by atoms with Gasteiger partial charge < -0.3 is 9.47 Å². The number of rotatable bonds is 5. The fourth-order valence-electron chi connectivity index (χ4n) is 3.35. The van der Waals surface area contributed by atoms with E-state index in [-0.39, 0.29) is 6.04 Å². The number of hydrogen-bond acceptors (Lipinski definition) is 5. The molecule has 0 saturated carbocycles. The third kappa shape index (κ3) is 3.40. The minimum Gasteiger partial charge on any atom is -0.493 e. The van der Waals surface area contributed by atoms with Crippen LogP contribution in [0.1, 0.15) is 22.9 Å². The Balaban J connectivity index is 1.80. The number of thiophene rings is 1. The Morgan fingerprint density at radius 3 is 2.52 bits per heavy atom. The van der Waals surface area contributed by atoms with Gasteiger partial charge in [-0.3, -0.25) is 5.01 Å². The summed E-state index contributed by atoms with van der Waals surface area (Å²) in [4.78, 5) is 1.18. The molecule has 1 unspecified atom stereocenters. The zero-order valence-corrected chi connectivity index (χ0v) is 16.6. The van der Waals surface area contributed by atoms with Gasteiger partial charge in [0.1, 0.15) is 0 Å². The van der Waals surface area contributed by atoms with E-state index in [2.05, 4.69) is 23.6 Å². The Morgan fingerprint density at radius 2 is 1.85 bits per heavy atom. The van der Waals surface area contributed by atoms with Crippen LogP contribution in [0.15, 0.2) is 65.1 Å². The Kier molecular flexibility index (Phi) is 5.05. The van der Waals surface area contributed by atoms with Crippen LogP contribution in [0.4, 0.5) is 5.69 Å². The molecule has 0 radical (unpaired) electrons. The van der Waals surface area contributed by atoms with E-state index < -0.39 is 0 Å². The van der Waals surface area contributed by atoms with Gasteiger partial charge >= 0.3 is 0 Å². The van der Waals surface area contributed by atoms with Gasteiger partial charge in [0, 0.05) is 17.0 Å². The van der Waals surface area contributed by atoms with Crippen molar-refractivity contribution in [1.82, 2.24) is 0 Å². The van der Waals surface area contributed by atoms with E-state index in [9.17, 15) is 0 Å². The second-order valence-corrected chi connectivity index (χ2v) is 7.53. The molecule has 1 aromatic heterocycles. The summed E-state index contributed by atoms with van der Waals surface area (Å²) in [5.74, 6) is 1.46. The van der Waals surface area contributed by atoms with Crippen molar-refractivity contribution in [2.24, 2.45) is 5.10 Å². The molecule has 0 amide bonds. The van der Waals surface area contributed by atoms with Crippen molar-refractivity contribution in [1.29, 1.82) is 0 Å². The van der Waals surface area contributed by atoms with E-state index in [0.717, 1.165) is 34.9 Å². The first-order valence-electron chi connectivity index (χ1n) is 8.58.